The Morgan fingerprint density at radius 2 is 1.79 bits per heavy atom. The van der Waals surface area contributed by atoms with Crippen LogP contribution < -0.4 is 4.74 Å². The Labute approximate surface area is 117 Å². The quantitative estimate of drug-likeness (QED) is 0.697. The van der Waals surface area contributed by atoms with E-state index in [9.17, 15) is 0 Å². The Morgan fingerprint density at radius 1 is 1.11 bits per heavy atom. The summed E-state index contributed by atoms with van der Waals surface area (Å²) in [6, 6.07) is 8.36. The molecule has 0 aliphatic carbocycles. The third-order valence-electron chi connectivity index (χ3n) is 3.03. The fourth-order valence-electron chi connectivity index (χ4n) is 1.93. The van der Waals surface area contributed by atoms with E-state index in [1.807, 2.05) is 26.0 Å². The van der Waals surface area contributed by atoms with E-state index in [-0.39, 0.29) is 6.10 Å². The lowest BCUT2D eigenvalue weighted by atomic mass is 10.1. The van der Waals surface area contributed by atoms with Crippen LogP contribution >= 0.6 is 0 Å². The second kappa shape index (κ2) is 8.94. The first-order chi connectivity index (χ1) is 9.11. The van der Waals surface area contributed by atoms with Gasteiger partial charge >= 0.3 is 0 Å². The predicted octanol–water partition coefficient (Wildman–Crippen LogP) is 2.72. The van der Waals surface area contributed by atoms with Gasteiger partial charge in [0, 0.05) is 13.2 Å². The smallest absolute Gasteiger partial charge is 0.119 e. The van der Waals surface area contributed by atoms with E-state index in [1.54, 1.807) is 0 Å². The highest BCUT2D eigenvalue weighted by Gasteiger charge is 2.01. The molecule has 0 radical (unpaired) electrons. The van der Waals surface area contributed by atoms with Gasteiger partial charge in [0.05, 0.1) is 6.10 Å². The SMILES string of the molecule is CC(C)Oc1ccc(CCN(C)CCCCO)cc1. The molecule has 0 aliphatic rings. The number of aliphatic hydroxyl groups excluding tert-OH is 1. The zero-order valence-electron chi connectivity index (χ0n) is 12.4. The highest BCUT2D eigenvalue weighted by Crippen LogP contribution is 2.14. The van der Waals surface area contributed by atoms with E-state index in [1.165, 1.54) is 5.56 Å². The van der Waals surface area contributed by atoms with E-state index in [2.05, 4.69) is 24.1 Å². The topological polar surface area (TPSA) is 32.7 Å². The lowest BCUT2D eigenvalue weighted by molar-refractivity contribution is 0.242. The molecule has 3 nitrogen and oxygen atoms in total. The first-order valence-corrected chi connectivity index (χ1v) is 7.17. The largest absolute Gasteiger partial charge is 0.491 e. The van der Waals surface area contributed by atoms with Crippen molar-refractivity contribution in [3.05, 3.63) is 29.8 Å². The highest BCUT2D eigenvalue weighted by molar-refractivity contribution is 5.27. The molecule has 0 heterocycles. The van der Waals surface area contributed by atoms with Gasteiger partial charge in [-0.25, -0.2) is 0 Å². The van der Waals surface area contributed by atoms with Crippen LogP contribution in [0.2, 0.25) is 0 Å². The summed E-state index contributed by atoms with van der Waals surface area (Å²) in [4.78, 5) is 2.31. The van der Waals surface area contributed by atoms with Gasteiger partial charge in [-0.15, -0.1) is 0 Å². The monoisotopic (exact) mass is 265 g/mol. The molecule has 0 spiro atoms. The van der Waals surface area contributed by atoms with E-state index >= 15 is 0 Å². The fraction of sp³-hybridized carbons (Fsp3) is 0.625. The van der Waals surface area contributed by atoms with Gasteiger partial charge in [-0.3, -0.25) is 0 Å². The van der Waals surface area contributed by atoms with Crippen molar-refractivity contribution in [2.75, 3.05) is 26.7 Å². The lowest BCUT2D eigenvalue weighted by Crippen LogP contribution is -2.22. The van der Waals surface area contributed by atoms with Crippen LogP contribution in [0.1, 0.15) is 32.3 Å². The molecule has 0 aliphatic heterocycles. The Bertz CT molecular complexity index is 335. The molecule has 1 aromatic rings. The number of likely N-dealkylation sites (N-methyl/N-ethyl adjacent to an activating group) is 1. The van der Waals surface area contributed by atoms with E-state index in [4.69, 9.17) is 9.84 Å². The maximum atomic E-state index is 8.75. The summed E-state index contributed by atoms with van der Waals surface area (Å²) in [6.45, 7) is 6.47. The molecule has 0 bridgehead atoms. The summed E-state index contributed by atoms with van der Waals surface area (Å²) in [5, 5.41) is 8.75. The van der Waals surface area contributed by atoms with Gasteiger partial charge in [-0.1, -0.05) is 12.1 Å². The molecular weight excluding hydrogens is 238 g/mol. The molecule has 0 unspecified atom stereocenters. The number of aliphatic hydroxyl groups is 1. The zero-order chi connectivity index (χ0) is 14.1. The number of hydrogen-bond acceptors (Lipinski definition) is 3. The normalized spacial score (nSPS) is 11.3. The lowest BCUT2D eigenvalue weighted by Gasteiger charge is -2.16. The minimum Gasteiger partial charge on any atom is -0.491 e. The van der Waals surface area contributed by atoms with Crippen LogP contribution in [0.4, 0.5) is 0 Å². The molecule has 1 N–H and O–H groups in total. The van der Waals surface area contributed by atoms with Crippen LogP contribution in [0, 0.1) is 0 Å². The first kappa shape index (κ1) is 16.0. The maximum Gasteiger partial charge on any atom is 0.119 e. The number of hydrogen-bond donors (Lipinski definition) is 1. The molecule has 0 saturated carbocycles. The van der Waals surface area contributed by atoms with Crippen molar-refractivity contribution in [3.63, 3.8) is 0 Å². The van der Waals surface area contributed by atoms with Gasteiger partial charge < -0.3 is 14.7 Å². The standard InChI is InChI=1S/C16H27NO2/c1-14(2)19-16-8-6-15(7-9-16)10-12-17(3)11-4-5-13-18/h6-9,14,18H,4-5,10-13H2,1-3H3. The number of unbranched alkanes of at least 4 members (excludes halogenated alkanes) is 1. The van der Waals surface area contributed by atoms with Crippen LogP contribution in [0.25, 0.3) is 0 Å². The highest BCUT2D eigenvalue weighted by atomic mass is 16.5. The van der Waals surface area contributed by atoms with Gasteiger partial charge in [0.1, 0.15) is 5.75 Å². The number of rotatable bonds is 9. The molecule has 0 atom stereocenters. The Morgan fingerprint density at radius 3 is 2.37 bits per heavy atom. The molecule has 3 heteroatoms. The van der Waals surface area contributed by atoms with Crippen molar-refractivity contribution in [3.8, 4) is 5.75 Å². The summed E-state index contributed by atoms with van der Waals surface area (Å²) < 4.78 is 5.63. The molecule has 1 aromatic carbocycles. The molecule has 108 valence electrons. The second-order valence-electron chi connectivity index (χ2n) is 5.29. The Hall–Kier alpha value is -1.06. The molecule has 19 heavy (non-hydrogen) atoms. The van der Waals surface area contributed by atoms with Crippen LogP contribution in [0.15, 0.2) is 24.3 Å². The van der Waals surface area contributed by atoms with Crippen molar-refractivity contribution in [2.45, 2.75) is 39.2 Å². The second-order valence-corrected chi connectivity index (χ2v) is 5.29. The molecular formula is C16H27NO2. The number of ether oxygens (including phenoxy) is 1. The minimum atomic E-state index is 0.225. The van der Waals surface area contributed by atoms with Crippen molar-refractivity contribution in [2.24, 2.45) is 0 Å². The van der Waals surface area contributed by atoms with Crippen molar-refractivity contribution < 1.29 is 9.84 Å². The van der Waals surface area contributed by atoms with Gasteiger partial charge in [-0.2, -0.15) is 0 Å². The van der Waals surface area contributed by atoms with Crippen LogP contribution in [0.3, 0.4) is 0 Å². The van der Waals surface area contributed by atoms with Crippen LogP contribution in [-0.2, 0) is 6.42 Å². The van der Waals surface area contributed by atoms with Gasteiger partial charge in [-0.05, 0) is 64.4 Å². The predicted molar refractivity (Wildman–Crippen MR) is 79.7 cm³/mol. The minimum absolute atomic E-state index is 0.225. The fourth-order valence-corrected chi connectivity index (χ4v) is 1.93. The third kappa shape index (κ3) is 7.19. The average molecular weight is 265 g/mol. The first-order valence-electron chi connectivity index (χ1n) is 7.17. The van der Waals surface area contributed by atoms with Crippen LogP contribution in [-0.4, -0.2) is 42.9 Å². The van der Waals surface area contributed by atoms with Crippen molar-refractivity contribution in [1.29, 1.82) is 0 Å². The van der Waals surface area contributed by atoms with Crippen LogP contribution in [0.5, 0.6) is 5.75 Å². The zero-order valence-corrected chi connectivity index (χ0v) is 12.4. The molecule has 0 aromatic heterocycles. The Balaban J connectivity index is 2.29. The number of nitrogens with zero attached hydrogens (tertiary/aromatic N) is 1. The molecule has 0 amide bonds. The molecule has 0 saturated heterocycles. The van der Waals surface area contributed by atoms with E-state index < -0.39 is 0 Å². The summed E-state index contributed by atoms with van der Waals surface area (Å²) in [5.41, 5.74) is 1.34. The summed E-state index contributed by atoms with van der Waals surface area (Å²) in [5.74, 6) is 0.940. The maximum absolute atomic E-state index is 8.75. The van der Waals surface area contributed by atoms with E-state index in [0.29, 0.717) is 6.61 Å². The third-order valence-corrected chi connectivity index (χ3v) is 3.03. The van der Waals surface area contributed by atoms with Gasteiger partial charge in [0.25, 0.3) is 0 Å². The summed E-state index contributed by atoms with van der Waals surface area (Å²) >= 11 is 0. The van der Waals surface area contributed by atoms with Gasteiger partial charge in [0.15, 0.2) is 0 Å². The van der Waals surface area contributed by atoms with E-state index in [0.717, 1.165) is 38.1 Å². The van der Waals surface area contributed by atoms with Gasteiger partial charge in [0.2, 0.25) is 0 Å². The summed E-state index contributed by atoms with van der Waals surface area (Å²) in [6.07, 6.45) is 3.24. The average Bonchev–Trinajstić information content (AvgIpc) is 2.37. The van der Waals surface area contributed by atoms with Crippen molar-refractivity contribution >= 4 is 0 Å². The van der Waals surface area contributed by atoms with Crippen molar-refractivity contribution in [1.82, 2.24) is 4.90 Å². The number of benzene rings is 1. The summed E-state index contributed by atoms with van der Waals surface area (Å²) in [7, 11) is 2.13. The Kier molecular flexibility index (Phi) is 7.53. The molecule has 0 fully saturated rings. The molecule has 1 rings (SSSR count).